The lowest BCUT2D eigenvalue weighted by Crippen LogP contribution is -2.12. The number of aromatic nitrogens is 2. The van der Waals surface area contributed by atoms with Gasteiger partial charge in [-0.3, -0.25) is 0 Å². The van der Waals surface area contributed by atoms with Gasteiger partial charge < -0.3 is 15.4 Å². The summed E-state index contributed by atoms with van der Waals surface area (Å²) in [6, 6.07) is 11.9. The van der Waals surface area contributed by atoms with E-state index in [4.69, 9.17) is 4.74 Å². The van der Waals surface area contributed by atoms with E-state index in [-0.39, 0.29) is 11.6 Å². The van der Waals surface area contributed by atoms with Crippen LogP contribution >= 0.6 is 0 Å². The van der Waals surface area contributed by atoms with Gasteiger partial charge in [0, 0.05) is 17.6 Å². The molecule has 1 aromatic heterocycles. The van der Waals surface area contributed by atoms with Gasteiger partial charge in [0.15, 0.2) is 0 Å². The first-order chi connectivity index (χ1) is 13.3. The Labute approximate surface area is 158 Å². The minimum Gasteiger partial charge on any atom is -0.494 e. The third-order valence-corrected chi connectivity index (χ3v) is 3.60. The molecule has 0 fully saturated rings. The highest BCUT2D eigenvalue weighted by molar-refractivity contribution is 5.63. The number of nitrogens with zero attached hydrogens (tertiary/aromatic N) is 2. The highest BCUT2D eigenvalue weighted by Crippen LogP contribution is 2.35. The first-order valence-corrected chi connectivity index (χ1v) is 8.32. The molecule has 28 heavy (non-hydrogen) atoms. The molecule has 2 aromatic carbocycles. The lowest BCUT2D eigenvalue weighted by Gasteiger charge is -2.15. The molecule has 1 heterocycles. The summed E-state index contributed by atoms with van der Waals surface area (Å²) in [5.74, 6) is -0.451. The van der Waals surface area contributed by atoms with Crippen molar-refractivity contribution in [2.75, 3.05) is 17.2 Å². The average Bonchev–Trinajstić information content (AvgIpc) is 2.63. The Balaban J connectivity index is 1.88. The van der Waals surface area contributed by atoms with E-state index >= 15 is 0 Å². The van der Waals surface area contributed by atoms with E-state index in [2.05, 4.69) is 20.6 Å². The summed E-state index contributed by atoms with van der Waals surface area (Å²) in [6.45, 7) is 2.37. The van der Waals surface area contributed by atoms with Crippen molar-refractivity contribution in [3.8, 4) is 5.75 Å². The van der Waals surface area contributed by atoms with Crippen molar-refractivity contribution in [1.29, 1.82) is 0 Å². The van der Waals surface area contributed by atoms with Gasteiger partial charge in [0.1, 0.15) is 22.9 Å². The minimum atomic E-state index is -4.67. The zero-order valence-corrected chi connectivity index (χ0v) is 14.7. The quantitative estimate of drug-likeness (QED) is 0.541. The summed E-state index contributed by atoms with van der Waals surface area (Å²) in [4.78, 5) is 7.64. The van der Waals surface area contributed by atoms with E-state index in [1.54, 1.807) is 24.3 Å². The zero-order valence-electron chi connectivity index (χ0n) is 14.7. The van der Waals surface area contributed by atoms with Gasteiger partial charge in [0.25, 0.3) is 0 Å². The number of rotatable bonds is 6. The minimum absolute atomic E-state index is 0.0453. The van der Waals surface area contributed by atoms with E-state index < -0.39 is 23.4 Å². The van der Waals surface area contributed by atoms with Crippen LogP contribution in [0.15, 0.2) is 54.7 Å². The molecule has 0 spiro atoms. The fraction of sp³-hybridized carbons (Fsp3) is 0.158. The number of alkyl halides is 3. The van der Waals surface area contributed by atoms with Crippen molar-refractivity contribution in [3.05, 3.63) is 66.1 Å². The van der Waals surface area contributed by atoms with Gasteiger partial charge in [0.2, 0.25) is 5.95 Å². The molecule has 3 aromatic rings. The molecule has 2 N–H and O–H groups in total. The molecule has 0 aliphatic rings. The molecule has 0 amide bonds. The number of hydrogen-bond donors (Lipinski definition) is 2. The summed E-state index contributed by atoms with van der Waals surface area (Å²) in [5.41, 5.74) is -0.356. The van der Waals surface area contributed by atoms with E-state index in [1.165, 1.54) is 18.2 Å². The van der Waals surface area contributed by atoms with Gasteiger partial charge in [-0.15, -0.1) is 0 Å². The molecule has 0 atom stereocenters. The number of ether oxygens (including phenoxy) is 1. The SMILES string of the molecule is CCOc1ccc(Nc2ncc(C(F)(F)F)c(Nc3cccc(F)c3)n2)cc1. The number of hydrogen-bond acceptors (Lipinski definition) is 5. The molecule has 0 saturated heterocycles. The summed E-state index contributed by atoms with van der Waals surface area (Å²) in [6.07, 6.45) is -4.00. The van der Waals surface area contributed by atoms with Crippen LogP contribution in [0.1, 0.15) is 12.5 Å². The average molecular weight is 392 g/mol. The fourth-order valence-corrected chi connectivity index (χ4v) is 2.38. The Morgan fingerprint density at radius 1 is 1.00 bits per heavy atom. The van der Waals surface area contributed by atoms with E-state index in [0.29, 0.717) is 24.2 Å². The standard InChI is InChI=1S/C19H16F4N4O/c1-2-28-15-8-6-13(7-9-15)26-18-24-11-16(19(21,22)23)17(27-18)25-14-5-3-4-12(20)10-14/h3-11H,2H2,1H3,(H2,24,25,26,27). The van der Waals surface area contributed by atoms with Crippen molar-refractivity contribution in [2.45, 2.75) is 13.1 Å². The number of halogens is 4. The van der Waals surface area contributed by atoms with Crippen LogP contribution in [0.25, 0.3) is 0 Å². The van der Waals surface area contributed by atoms with Crippen molar-refractivity contribution < 1.29 is 22.3 Å². The highest BCUT2D eigenvalue weighted by Gasteiger charge is 2.35. The molecule has 9 heteroatoms. The second kappa shape index (κ2) is 8.12. The Bertz CT molecular complexity index is 945. The maximum Gasteiger partial charge on any atom is 0.421 e. The molecule has 0 aliphatic heterocycles. The molecule has 0 unspecified atom stereocenters. The summed E-state index contributed by atoms with van der Waals surface area (Å²) < 4.78 is 58.5. The van der Waals surface area contributed by atoms with Crippen molar-refractivity contribution in [3.63, 3.8) is 0 Å². The maximum atomic E-state index is 13.3. The summed E-state index contributed by atoms with van der Waals surface area (Å²) in [5, 5.41) is 5.33. The Morgan fingerprint density at radius 2 is 1.75 bits per heavy atom. The lowest BCUT2D eigenvalue weighted by molar-refractivity contribution is -0.137. The van der Waals surface area contributed by atoms with Crippen molar-refractivity contribution in [2.24, 2.45) is 0 Å². The number of benzene rings is 2. The van der Waals surface area contributed by atoms with Gasteiger partial charge in [-0.1, -0.05) is 6.07 Å². The van der Waals surface area contributed by atoms with Crippen LogP contribution in [-0.4, -0.2) is 16.6 Å². The first kappa shape index (κ1) is 19.4. The van der Waals surface area contributed by atoms with Gasteiger partial charge in [-0.2, -0.15) is 18.2 Å². The van der Waals surface area contributed by atoms with Crippen LogP contribution in [0.2, 0.25) is 0 Å². The molecule has 0 aliphatic carbocycles. The normalized spacial score (nSPS) is 11.2. The van der Waals surface area contributed by atoms with Crippen LogP contribution in [-0.2, 0) is 6.18 Å². The van der Waals surface area contributed by atoms with Crippen LogP contribution in [0.3, 0.4) is 0 Å². The maximum absolute atomic E-state index is 13.3. The van der Waals surface area contributed by atoms with E-state index in [9.17, 15) is 17.6 Å². The van der Waals surface area contributed by atoms with Crippen LogP contribution in [0, 0.1) is 5.82 Å². The van der Waals surface area contributed by atoms with E-state index in [1.807, 2.05) is 6.92 Å². The third-order valence-electron chi connectivity index (χ3n) is 3.60. The van der Waals surface area contributed by atoms with E-state index in [0.717, 1.165) is 6.07 Å². The van der Waals surface area contributed by atoms with Gasteiger partial charge in [-0.25, -0.2) is 9.37 Å². The van der Waals surface area contributed by atoms with Crippen LogP contribution in [0.4, 0.5) is 40.7 Å². The first-order valence-electron chi connectivity index (χ1n) is 8.32. The van der Waals surface area contributed by atoms with Gasteiger partial charge >= 0.3 is 6.18 Å². The predicted molar refractivity (Wildman–Crippen MR) is 97.6 cm³/mol. The van der Waals surface area contributed by atoms with Crippen molar-refractivity contribution in [1.82, 2.24) is 9.97 Å². The molecular formula is C19H16F4N4O. The molecular weight excluding hydrogens is 376 g/mol. The smallest absolute Gasteiger partial charge is 0.421 e. The predicted octanol–water partition coefficient (Wildman–Crippen LogP) is 5.52. The highest BCUT2D eigenvalue weighted by atomic mass is 19.4. The van der Waals surface area contributed by atoms with Crippen molar-refractivity contribution >= 4 is 23.1 Å². The zero-order chi connectivity index (χ0) is 20.1. The largest absolute Gasteiger partial charge is 0.494 e. The number of nitrogens with one attached hydrogen (secondary N) is 2. The second-order valence-corrected chi connectivity index (χ2v) is 5.67. The Hall–Kier alpha value is -3.36. The monoisotopic (exact) mass is 392 g/mol. The van der Waals surface area contributed by atoms with Crippen LogP contribution in [0.5, 0.6) is 5.75 Å². The van der Waals surface area contributed by atoms with Crippen LogP contribution < -0.4 is 15.4 Å². The molecule has 0 radical (unpaired) electrons. The second-order valence-electron chi connectivity index (χ2n) is 5.67. The third kappa shape index (κ3) is 4.87. The molecule has 0 saturated carbocycles. The molecule has 146 valence electrons. The summed E-state index contributed by atoms with van der Waals surface area (Å²) in [7, 11) is 0. The Kier molecular flexibility index (Phi) is 5.62. The van der Waals surface area contributed by atoms with Gasteiger partial charge in [0.05, 0.1) is 6.61 Å². The topological polar surface area (TPSA) is 59.1 Å². The fourth-order valence-electron chi connectivity index (χ4n) is 2.38. The molecule has 3 rings (SSSR count). The van der Waals surface area contributed by atoms with Gasteiger partial charge in [-0.05, 0) is 49.4 Å². The summed E-state index contributed by atoms with van der Waals surface area (Å²) >= 11 is 0. The Morgan fingerprint density at radius 3 is 2.39 bits per heavy atom. The number of anilines is 4. The lowest BCUT2D eigenvalue weighted by atomic mass is 10.2. The molecule has 5 nitrogen and oxygen atoms in total. The molecule has 0 bridgehead atoms.